The Morgan fingerprint density at radius 1 is 0.258 bits per heavy atom. The van der Waals surface area contributed by atoms with E-state index in [0.29, 0.717) is 0 Å². The lowest BCUT2D eigenvalue weighted by molar-refractivity contribution is 0.531. The van der Waals surface area contributed by atoms with Crippen LogP contribution in [-0.4, -0.2) is 11.5 Å². The van der Waals surface area contributed by atoms with Crippen molar-refractivity contribution < 1.29 is 0 Å². The minimum atomic E-state index is 1.37. The van der Waals surface area contributed by atoms with E-state index in [1.54, 1.807) is 0 Å². The van der Waals surface area contributed by atoms with Gasteiger partial charge in [-0.3, -0.25) is 0 Å². The summed E-state index contributed by atoms with van der Waals surface area (Å²) in [7, 11) is 0. The Hall–Kier alpha value is 0.350. The number of thioether (sulfide) groups is 1. The Morgan fingerprint density at radius 2 is 0.452 bits per heavy atom. The van der Waals surface area contributed by atoms with Crippen molar-refractivity contribution in [3.8, 4) is 0 Å². The molecule has 0 nitrogen and oxygen atoms in total. The summed E-state index contributed by atoms with van der Waals surface area (Å²) in [5, 5.41) is 0. The highest BCUT2D eigenvalue weighted by Gasteiger charge is 1.96. The fourth-order valence-corrected chi connectivity index (χ4v) is 5.57. The van der Waals surface area contributed by atoms with E-state index in [0.717, 1.165) is 0 Å². The van der Waals surface area contributed by atoms with Gasteiger partial charge < -0.3 is 0 Å². The van der Waals surface area contributed by atoms with Gasteiger partial charge in [-0.2, -0.15) is 11.8 Å². The molecule has 0 bridgehead atoms. The van der Waals surface area contributed by atoms with Crippen LogP contribution >= 0.6 is 11.8 Å². The van der Waals surface area contributed by atoms with E-state index in [2.05, 4.69) is 25.6 Å². The summed E-state index contributed by atoms with van der Waals surface area (Å²) in [5.41, 5.74) is 0. The molecule has 1 heteroatoms. The Bertz CT molecular complexity index is 260. The SMILES string of the molecule is CCCCCCCCCCCCCCCCCCSCCCCCCCCCCCC. The molecule has 0 aliphatic heterocycles. The van der Waals surface area contributed by atoms with Crippen LogP contribution in [-0.2, 0) is 0 Å². The molecule has 0 fully saturated rings. The van der Waals surface area contributed by atoms with Crippen molar-refractivity contribution >= 4 is 11.8 Å². The van der Waals surface area contributed by atoms with Crippen molar-refractivity contribution in [3.63, 3.8) is 0 Å². The van der Waals surface area contributed by atoms with Crippen LogP contribution in [0.25, 0.3) is 0 Å². The van der Waals surface area contributed by atoms with Crippen LogP contribution in [0.1, 0.15) is 181 Å². The van der Waals surface area contributed by atoms with Crippen molar-refractivity contribution in [1.82, 2.24) is 0 Å². The smallest absolute Gasteiger partial charge is 0.00675 e. The van der Waals surface area contributed by atoms with E-state index < -0.39 is 0 Å². The van der Waals surface area contributed by atoms with Crippen LogP contribution in [0.3, 0.4) is 0 Å². The van der Waals surface area contributed by atoms with Crippen LogP contribution in [0.15, 0.2) is 0 Å². The van der Waals surface area contributed by atoms with Gasteiger partial charge in [0.25, 0.3) is 0 Å². The maximum absolute atomic E-state index is 2.31. The minimum Gasteiger partial charge on any atom is -0.162 e. The predicted octanol–water partition coefficient (Wildman–Crippen LogP) is 11.9. The molecule has 0 unspecified atom stereocenters. The van der Waals surface area contributed by atoms with Crippen molar-refractivity contribution in [2.45, 2.75) is 181 Å². The second-order valence-electron chi connectivity index (χ2n) is 10.1. The van der Waals surface area contributed by atoms with Crippen molar-refractivity contribution in [3.05, 3.63) is 0 Å². The molecule has 0 saturated carbocycles. The molecule has 0 heterocycles. The van der Waals surface area contributed by atoms with E-state index in [9.17, 15) is 0 Å². The van der Waals surface area contributed by atoms with Crippen molar-refractivity contribution in [2.75, 3.05) is 11.5 Å². The normalized spacial score (nSPS) is 11.4. The molecule has 0 amide bonds. The molecule has 188 valence electrons. The molecular formula is C30H62S. The molecule has 0 aromatic heterocycles. The second-order valence-corrected chi connectivity index (χ2v) is 11.3. The van der Waals surface area contributed by atoms with Gasteiger partial charge in [-0.1, -0.05) is 168 Å². The Balaban J connectivity index is 2.98. The summed E-state index contributed by atoms with van der Waals surface area (Å²) in [6.45, 7) is 4.61. The summed E-state index contributed by atoms with van der Waals surface area (Å²) >= 11 is 2.22. The first-order valence-electron chi connectivity index (χ1n) is 15.0. The topological polar surface area (TPSA) is 0 Å². The molecule has 0 saturated heterocycles. The number of hydrogen-bond acceptors (Lipinski definition) is 1. The lowest BCUT2D eigenvalue weighted by Gasteiger charge is -2.04. The van der Waals surface area contributed by atoms with Gasteiger partial charge in [0, 0.05) is 0 Å². The quantitative estimate of drug-likeness (QED) is 0.106. The van der Waals surface area contributed by atoms with Crippen LogP contribution in [0.2, 0.25) is 0 Å². The van der Waals surface area contributed by atoms with Crippen LogP contribution in [0, 0.1) is 0 Å². The monoisotopic (exact) mass is 454 g/mol. The maximum Gasteiger partial charge on any atom is -0.00675 e. The molecule has 0 rings (SSSR count). The molecule has 0 aliphatic rings. The molecule has 0 N–H and O–H groups in total. The predicted molar refractivity (Wildman–Crippen MR) is 149 cm³/mol. The van der Waals surface area contributed by atoms with E-state index in [1.807, 2.05) is 0 Å². The molecule has 31 heavy (non-hydrogen) atoms. The molecule has 0 atom stereocenters. The largest absolute Gasteiger partial charge is 0.162 e. The highest BCUT2D eigenvalue weighted by Crippen LogP contribution is 2.16. The summed E-state index contributed by atoms with van der Waals surface area (Å²) in [5.74, 6) is 2.82. The van der Waals surface area contributed by atoms with Gasteiger partial charge in [-0.15, -0.1) is 0 Å². The number of unbranched alkanes of at least 4 members (excludes halogenated alkanes) is 24. The van der Waals surface area contributed by atoms with Gasteiger partial charge >= 0.3 is 0 Å². The first-order valence-corrected chi connectivity index (χ1v) is 16.1. The third kappa shape index (κ3) is 30.4. The summed E-state index contributed by atoms with van der Waals surface area (Å²) in [4.78, 5) is 0. The van der Waals surface area contributed by atoms with Crippen molar-refractivity contribution in [1.29, 1.82) is 0 Å². The fourth-order valence-electron chi connectivity index (χ4n) is 4.55. The van der Waals surface area contributed by atoms with E-state index in [4.69, 9.17) is 0 Å². The Labute approximate surface area is 203 Å². The molecule has 0 aliphatic carbocycles. The lowest BCUT2D eigenvalue weighted by Crippen LogP contribution is -1.87. The Morgan fingerprint density at radius 3 is 0.677 bits per heavy atom. The molecule has 0 spiro atoms. The Kier molecular flexibility index (Phi) is 30.7. The van der Waals surface area contributed by atoms with E-state index in [1.165, 1.54) is 178 Å². The summed E-state index contributed by atoms with van der Waals surface area (Å²) < 4.78 is 0. The molecule has 0 aromatic carbocycles. The first kappa shape index (κ1) is 31.4. The third-order valence-electron chi connectivity index (χ3n) is 6.78. The van der Waals surface area contributed by atoms with Gasteiger partial charge in [0.15, 0.2) is 0 Å². The highest BCUT2D eigenvalue weighted by molar-refractivity contribution is 7.99. The average Bonchev–Trinajstić information content (AvgIpc) is 2.78. The third-order valence-corrected chi connectivity index (χ3v) is 7.94. The zero-order valence-corrected chi connectivity index (χ0v) is 23.0. The van der Waals surface area contributed by atoms with E-state index >= 15 is 0 Å². The summed E-state index contributed by atoms with van der Waals surface area (Å²) in [6.07, 6.45) is 38.2. The van der Waals surface area contributed by atoms with Gasteiger partial charge in [-0.05, 0) is 24.3 Å². The van der Waals surface area contributed by atoms with Gasteiger partial charge in [-0.25, -0.2) is 0 Å². The van der Waals surface area contributed by atoms with Gasteiger partial charge in [0.05, 0.1) is 0 Å². The lowest BCUT2D eigenvalue weighted by atomic mass is 10.0. The molecular weight excluding hydrogens is 392 g/mol. The summed E-state index contributed by atoms with van der Waals surface area (Å²) in [6, 6.07) is 0. The fraction of sp³-hybridized carbons (Fsp3) is 1.00. The van der Waals surface area contributed by atoms with Crippen LogP contribution in [0.4, 0.5) is 0 Å². The zero-order valence-electron chi connectivity index (χ0n) is 22.2. The molecule has 0 aromatic rings. The van der Waals surface area contributed by atoms with Gasteiger partial charge in [0.2, 0.25) is 0 Å². The minimum absolute atomic E-state index is 1.37. The average molecular weight is 455 g/mol. The molecule has 0 radical (unpaired) electrons. The number of rotatable bonds is 28. The van der Waals surface area contributed by atoms with Crippen LogP contribution < -0.4 is 0 Å². The second kappa shape index (κ2) is 30.4. The van der Waals surface area contributed by atoms with Crippen molar-refractivity contribution in [2.24, 2.45) is 0 Å². The zero-order chi connectivity index (χ0) is 22.5. The maximum atomic E-state index is 2.31. The first-order chi connectivity index (χ1) is 15.4. The number of hydrogen-bond donors (Lipinski definition) is 0. The van der Waals surface area contributed by atoms with Gasteiger partial charge in [0.1, 0.15) is 0 Å². The van der Waals surface area contributed by atoms with Crippen LogP contribution in [0.5, 0.6) is 0 Å². The highest BCUT2D eigenvalue weighted by atomic mass is 32.2. The standard InChI is InChI=1S/C30H62S/c1-3-5-7-9-11-13-15-16-17-18-19-20-22-24-26-28-30-31-29-27-25-23-21-14-12-10-8-6-4-2/h3-30H2,1-2H3. The van der Waals surface area contributed by atoms with E-state index in [-0.39, 0.29) is 0 Å².